The molecule has 0 aromatic heterocycles. The number of aliphatic hydroxyl groups excluding tert-OH is 1. The summed E-state index contributed by atoms with van der Waals surface area (Å²) in [6, 6.07) is -1.55. The monoisotopic (exact) mass is 795 g/mol. The molecule has 0 fully saturated rings. The second-order valence-corrected chi connectivity index (χ2v) is 14.7. The highest BCUT2D eigenvalue weighted by atomic mass is 31.2. The van der Waals surface area contributed by atoms with E-state index in [0.717, 1.165) is 44.9 Å². The first-order valence-corrected chi connectivity index (χ1v) is 21.6. The fourth-order valence-electron chi connectivity index (χ4n) is 4.88. The number of ether oxygens (including phenoxy) is 2. The summed E-state index contributed by atoms with van der Waals surface area (Å²) < 4.78 is 32.4. The number of nitrogens with two attached hydrogens (primary N) is 1. The zero-order valence-corrected chi connectivity index (χ0v) is 34.2. The van der Waals surface area contributed by atoms with Crippen molar-refractivity contribution in [2.24, 2.45) is 5.73 Å². The first kappa shape index (κ1) is 51.9. The third kappa shape index (κ3) is 36.3. The Bertz CT molecular complexity index is 1230. The summed E-state index contributed by atoms with van der Waals surface area (Å²) in [6.45, 7) is 2.47. The van der Waals surface area contributed by atoms with Gasteiger partial charge in [0.15, 0.2) is 6.10 Å². The van der Waals surface area contributed by atoms with Crippen molar-refractivity contribution in [1.29, 1.82) is 0 Å². The number of hydrogen-bond acceptors (Lipinski definition) is 10. The van der Waals surface area contributed by atoms with E-state index in [1.807, 2.05) is 12.2 Å². The highest BCUT2D eigenvalue weighted by molar-refractivity contribution is 7.47. The molecule has 0 aromatic rings. The second-order valence-electron chi connectivity index (χ2n) is 13.2. The fourth-order valence-corrected chi connectivity index (χ4v) is 5.66. The maximum Gasteiger partial charge on any atom is 0.472 e. The number of aliphatic hydroxyl groups is 1. The summed E-state index contributed by atoms with van der Waals surface area (Å²) in [5, 5.41) is 19.0. The minimum absolute atomic E-state index is 0.0473. The van der Waals surface area contributed by atoms with Gasteiger partial charge in [0.25, 0.3) is 0 Å². The van der Waals surface area contributed by atoms with Crippen LogP contribution in [0, 0.1) is 0 Å². The third-order valence-corrected chi connectivity index (χ3v) is 9.01. The molecule has 0 spiro atoms. The molecule has 4 atom stereocenters. The van der Waals surface area contributed by atoms with E-state index in [-0.39, 0.29) is 12.8 Å². The summed E-state index contributed by atoms with van der Waals surface area (Å²) in [4.78, 5) is 45.8. The number of carbonyl (C=O) groups excluding carboxylic acids is 2. The normalized spacial score (nSPS) is 15.1. The topological polar surface area (TPSA) is 192 Å². The Morgan fingerprint density at radius 3 is 1.84 bits per heavy atom. The predicted octanol–water partition coefficient (Wildman–Crippen LogP) is 9.14. The van der Waals surface area contributed by atoms with Gasteiger partial charge in [0.1, 0.15) is 12.6 Å². The van der Waals surface area contributed by atoms with E-state index in [1.165, 1.54) is 44.9 Å². The van der Waals surface area contributed by atoms with Crippen LogP contribution in [-0.2, 0) is 37.5 Å². The average molecular weight is 796 g/mol. The van der Waals surface area contributed by atoms with Crippen molar-refractivity contribution in [3.8, 4) is 0 Å². The molecular weight excluding hydrogens is 725 g/mol. The number of aliphatic carboxylic acids is 1. The van der Waals surface area contributed by atoms with Gasteiger partial charge in [-0.05, 0) is 44.9 Å². The molecule has 0 amide bonds. The lowest BCUT2D eigenvalue weighted by atomic mass is 10.1. The minimum atomic E-state index is -4.76. The Labute approximate surface area is 330 Å². The van der Waals surface area contributed by atoms with E-state index in [9.17, 15) is 28.9 Å². The minimum Gasteiger partial charge on any atom is -0.480 e. The van der Waals surface area contributed by atoms with Gasteiger partial charge in [-0.2, -0.15) is 0 Å². The fraction of sp³-hybridized carbons (Fsp3) is 0.643. The van der Waals surface area contributed by atoms with Crippen LogP contribution < -0.4 is 5.73 Å². The van der Waals surface area contributed by atoms with Crippen molar-refractivity contribution in [2.45, 2.75) is 154 Å². The van der Waals surface area contributed by atoms with Crippen molar-refractivity contribution in [1.82, 2.24) is 0 Å². The Morgan fingerprint density at radius 1 is 0.673 bits per heavy atom. The smallest absolute Gasteiger partial charge is 0.472 e. The molecule has 0 aliphatic rings. The first-order valence-electron chi connectivity index (χ1n) is 20.1. The van der Waals surface area contributed by atoms with Gasteiger partial charge in [-0.15, -0.1) is 0 Å². The van der Waals surface area contributed by atoms with E-state index in [4.69, 9.17) is 24.8 Å². The molecular formula is C42H70NO11P. The summed E-state index contributed by atoms with van der Waals surface area (Å²) in [7, 11) is -4.76. The second kappa shape index (κ2) is 36.5. The molecule has 12 nitrogen and oxygen atoms in total. The van der Waals surface area contributed by atoms with Gasteiger partial charge in [-0.3, -0.25) is 23.4 Å². The van der Waals surface area contributed by atoms with E-state index < -0.39 is 63.8 Å². The summed E-state index contributed by atoms with van der Waals surface area (Å²) in [5.74, 6) is -2.59. The van der Waals surface area contributed by atoms with Crippen molar-refractivity contribution in [2.75, 3.05) is 19.8 Å². The zero-order valence-electron chi connectivity index (χ0n) is 33.3. The number of hydrogen-bond donors (Lipinski definition) is 4. The van der Waals surface area contributed by atoms with Crippen LogP contribution in [-0.4, -0.2) is 71.1 Å². The first-order chi connectivity index (χ1) is 26.5. The molecule has 0 bridgehead atoms. The Morgan fingerprint density at radius 2 is 1.24 bits per heavy atom. The Balaban J connectivity index is 4.66. The number of unbranched alkanes of at least 4 members (excludes halogenated alkanes) is 10. The molecule has 0 heterocycles. The molecule has 0 aromatic carbocycles. The van der Waals surface area contributed by atoms with Crippen LogP contribution in [0.1, 0.15) is 136 Å². The Hall–Kier alpha value is -3.12. The van der Waals surface area contributed by atoms with Gasteiger partial charge in [-0.1, -0.05) is 151 Å². The molecule has 55 heavy (non-hydrogen) atoms. The Kier molecular flexibility index (Phi) is 34.4. The van der Waals surface area contributed by atoms with Crippen LogP contribution in [0.25, 0.3) is 0 Å². The van der Waals surface area contributed by atoms with Crippen LogP contribution in [0.2, 0.25) is 0 Å². The van der Waals surface area contributed by atoms with E-state index in [0.29, 0.717) is 19.3 Å². The highest BCUT2D eigenvalue weighted by Crippen LogP contribution is 2.43. The number of phosphoric acid groups is 1. The van der Waals surface area contributed by atoms with E-state index >= 15 is 0 Å². The number of carboxylic acids is 1. The van der Waals surface area contributed by atoms with E-state index in [2.05, 4.69) is 54.8 Å². The number of esters is 2. The standard InChI is InChI=1S/C42H70NO11P/c1-3-5-7-9-11-13-15-16-18-19-21-23-26-30-37(44)31-27-25-29-33-41(46)54-38(35-52-55(49,50)53-36-39(43)42(47)48)34-51-40(45)32-28-24-22-20-17-14-12-10-8-6-4-2/h5,7,11,13,16,18,21,23,25-27,30,37-39,44H,3-4,6,8-10,12,14-15,17,19-20,22,24,28-29,31-36,43H2,1-2H3,(H,47,48)(H,49,50)/b7-5-,13-11-,18-16-,23-21-,27-25-,30-26-/t37?,38-,39+/m1/s1. The number of allylic oxidation sites excluding steroid dienone is 10. The number of carboxylic acid groups (broad SMARTS) is 1. The number of carbonyl (C=O) groups is 3. The number of phosphoric ester groups is 1. The maximum absolute atomic E-state index is 12.6. The van der Waals surface area contributed by atoms with Gasteiger partial charge < -0.3 is 30.3 Å². The molecule has 13 heteroatoms. The molecule has 0 rings (SSSR count). The van der Waals surface area contributed by atoms with Crippen molar-refractivity contribution < 1.29 is 52.6 Å². The summed E-state index contributed by atoms with van der Waals surface area (Å²) in [5.41, 5.74) is 5.31. The SMILES string of the molecule is CC/C=C\C/C=C\C/C=C\C/C=C\C=C/C(O)C/C=C\CCC(=O)O[C@H](COC(=O)CCCCCCCCCCCCC)COP(=O)(O)OC[C@H](N)C(=O)O. The quantitative estimate of drug-likeness (QED) is 0.0155. The van der Waals surface area contributed by atoms with Crippen LogP contribution in [0.3, 0.4) is 0 Å². The van der Waals surface area contributed by atoms with Gasteiger partial charge in [-0.25, -0.2) is 4.57 Å². The van der Waals surface area contributed by atoms with Gasteiger partial charge in [0.2, 0.25) is 0 Å². The third-order valence-electron chi connectivity index (χ3n) is 8.06. The zero-order chi connectivity index (χ0) is 40.8. The lowest BCUT2D eigenvalue weighted by Gasteiger charge is -2.20. The van der Waals surface area contributed by atoms with Crippen molar-refractivity contribution >= 4 is 25.7 Å². The molecule has 0 saturated carbocycles. The molecule has 0 radical (unpaired) electrons. The summed E-state index contributed by atoms with van der Waals surface area (Å²) >= 11 is 0. The lowest BCUT2D eigenvalue weighted by Crippen LogP contribution is -2.34. The lowest BCUT2D eigenvalue weighted by molar-refractivity contribution is -0.161. The highest BCUT2D eigenvalue weighted by Gasteiger charge is 2.28. The van der Waals surface area contributed by atoms with Crippen LogP contribution in [0.15, 0.2) is 72.9 Å². The number of rotatable bonds is 36. The van der Waals surface area contributed by atoms with Gasteiger partial charge in [0.05, 0.1) is 19.3 Å². The largest absolute Gasteiger partial charge is 0.480 e. The van der Waals surface area contributed by atoms with Gasteiger partial charge in [0, 0.05) is 12.8 Å². The molecule has 314 valence electrons. The van der Waals surface area contributed by atoms with E-state index in [1.54, 1.807) is 24.3 Å². The predicted molar refractivity (Wildman–Crippen MR) is 218 cm³/mol. The summed E-state index contributed by atoms with van der Waals surface area (Å²) in [6.07, 6.45) is 38.7. The molecule has 0 aliphatic heterocycles. The van der Waals surface area contributed by atoms with Crippen molar-refractivity contribution in [3.05, 3.63) is 72.9 Å². The molecule has 0 aliphatic carbocycles. The molecule has 0 saturated heterocycles. The molecule has 2 unspecified atom stereocenters. The average Bonchev–Trinajstić information content (AvgIpc) is 3.15. The maximum atomic E-state index is 12.6. The van der Waals surface area contributed by atoms with Gasteiger partial charge >= 0.3 is 25.7 Å². The molecule has 5 N–H and O–H groups in total. The van der Waals surface area contributed by atoms with Crippen LogP contribution >= 0.6 is 7.82 Å². The van der Waals surface area contributed by atoms with Crippen LogP contribution in [0.4, 0.5) is 0 Å². The van der Waals surface area contributed by atoms with Crippen LogP contribution in [0.5, 0.6) is 0 Å². The van der Waals surface area contributed by atoms with Crippen molar-refractivity contribution in [3.63, 3.8) is 0 Å².